The van der Waals surface area contributed by atoms with Crippen LogP contribution in [0.4, 0.5) is 21.2 Å². The minimum absolute atomic E-state index is 0.125. The fraction of sp³-hybridized carbons (Fsp3) is 0.483. The number of carbonyl (C=O) groups excluding carboxylic acids is 2. The van der Waals surface area contributed by atoms with E-state index in [1.54, 1.807) is 85.8 Å². The van der Waals surface area contributed by atoms with Gasteiger partial charge >= 0.3 is 12.2 Å². The molecule has 0 unspecified atom stereocenters. The molecule has 0 bridgehead atoms. The maximum absolute atomic E-state index is 12.7. The number of aromatic nitrogens is 4. The van der Waals surface area contributed by atoms with Crippen LogP contribution in [0.25, 0.3) is 11.0 Å². The Bertz CT molecular complexity index is 1470. The van der Waals surface area contributed by atoms with Crippen molar-refractivity contribution < 1.29 is 23.8 Å². The highest BCUT2D eigenvalue weighted by atomic mass is 16.6. The summed E-state index contributed by atoms with van der Waals surface area (Å²) < 4.78 is 17.9. The van der Waals surface area contributed by atoms with Gasteiger partial charge in [0.05, 0.1) is 29.1 Å². The summed E-state index contributed by atoms with van der Waals surface area (Å²) in [6, 6.07) is 4.92. The maximum atomic E-state index is 12.7. The summed E-state index contributed by atoms with van der Waals surface area (Å²) in [6.45, 7) is 11.2. The Labute approximate surface area is 240 Å². The number of hydrogen-bond acceptors (Lipinski definition) is 9. The van der Waals surface area contributed by atoms with Gasteiger partial charge in [-0.2, -0.15) is 0 Å². The number of nitrogens with zero attached hydrogens (tertiary/aromatic N) is 5. The number of ether oxygens (including phenoxy) is 3. The smallest absolute Gasteiger partial charge is 0.415 e. The first kappa shape index (κ1) is 31.2. The number of hydrogen-bond donors (Lipinski definition) is 2. The molecular formula is C29H39N7O5. The molecule has 0 saturated carbocycles. The van der Waals surface area contributed by atoms with Gasteiger partial charge < -0.3 is 29.8 Å². The average molecular weight is 566 g/mol. The van der Waals surface area contributed by atoms with Gasteiger partial charge in [-0.15, -0.1) is 0 Å². The van der Waals surface area contributed by atoms with E-state index >= 15 is 0 Å². The minimum Gasteiger partial charge on any atom is -0.444 e. The van der Waals surface area contributed by atoms with Crippen LogP contribution in [0.1, 0.15) is 71.0 Å². The lowest BCUT2D eigenvalue weighted by Gasteiger charge is -2.24. The molecule has 0 aliphatic carbocycles. The number of rotatable bonds is 6. The number of nitrogen functional groups attached to an aromatic ring is 1. The number of alkyl carbamates (subject to hydrolysis) is 1. The molecule has 0 aromatic carbocycles. The summed E-state index contributed by atoms with van der Waals surface area (Å²) in [5.74, 6) is 6.52. The number of pyridine rings is 2. The van der Waals surface area contributed by atoms with Gasteiger partial charge in [0.1, 0.15) is 28.2 Å². The van der Waals surface area contributed by atoms with Crippen LogP contribution in [0.3, 0.4) is 0 Å². The van der Waals surface area contributed by atoms with Crippen LogP contribution in [0.5, 0.6) is 0 Å². The molecule has 3 N–H and O–H groups in total. The van der Waals surface area contributed by atoms with Crippen LogP contribution in [0, 0.1) is 11.8 Å². The molecule has 3 rings (SSSR count). The van der Waals surface area contributed by atoms with Crippen molar-refractivity contribution in [2.75, 3.05) is 31.4 Å². The van der Waals surface area contributed by atoms with Gasteiger partial charge in [0, 0.05) is 27.8 Å². The quantitative estimate of drug-likeness (QED) is 0.417. The van der Waals surface area contributed by atoms with Crippen molar-refractivity contribution in [3.05, 3.63) is 41.5 Å². The number of aryl methyl sites for hydroxylation is 1. The third-order valence-electron chi connectivity index (χ3n) is 5.60. The lowest BCUT2D eigenvalue weighted by Crippen LogP contribution is -2.35. The molecule has 0 fully saturated rings. The summed E-state index contributed by atoms with van der Waals surface area (Å²) in [5, 5.41) is 2.87. The van der Waals surface area contributed by atoms with E-state index < -0.39 is 29.4 Å². The van der Waals surface area contributed by atoms with Gasteiger partial charge in [0.2, 0.25) is 0 Å². The molecular weight excluding hydrogens is 526 g/mol. The monoisotopic (exact) mass is 565 g/mol. The van der Waals surface area contributed by atoms with Crippen LogP contribution >= 0.6 is 0 Å². The zero-order chi connectivity index (χ0) is 30.5. The van der Waals surface area contributed by atoms with E-state index in [2.05, 4.69) is 32.1 Å². The van der Waals surface area contributed by atoms with Gasteiger partial charge in [-0.25, -0.2) is 24.5 Å². The molecule has 2 amide bonds. The molecule has 41 heavy (non-hydrogen) atoms. The minimum atomic E-state index is -0.682. The number of carbonyl (C=O) groups is 2. The summed E-state index contributed by atoms with van der Waals surface area (Å²) in [6.07, 6.45) is 0.953. The van der Waals surface area contributed by atoms with E-state index in [4.69, 9.17) is 19.9 Å². The van der Waals surface area contributed by atoms with Crippen molar-refractivity contribution in [3.8, 4) is 11.8 Å². The van der Waals surface area contributed by atoms with Crippen LogP contribution in [-0.2, 0) is 21.3 Å². The van der Waals surface area contributed by atoms with Crippen molar-refractivity contribution in [2.24, 2.45) is 7.05 Å². The third kappa shape index (κ3) is 8.31. The Morgan fingerprint density at radius 3 is 2.41 bits per heavy atom. The molecule has 220 valence electrons. The number of methoxy groups -OCH3 is 1. The summed E-state index contributed by atoms with van der Waals surface area (Å²) in [4.78, 5) is 40.0. The molecule has 3 heterocycles. The van der Waals surface area contributed by atoms with Crippen LogP contribution in [-0.4, -0.2) is 63.7 Å². The van der Waals surface area contributed by atoms with Gasteiger partial charge in [-0.1, -0.05) is 12.0 Å². The SMILES string of the molecule is COCC[C@H](NC(=O)OC(C)(C)C)c1cccc(C#Cc2c(N)nc(N(C)C(=O)OC(C)(C)C)c3ncn(C)c23)n1. The fourth-order valence-corrected chi connectivity index (χ4v) is 3.83. The second-order valence-electron chi connectivity index (χ2n) is 11.5. The normalized spacial score (nSPS) is 12.3. The van der Waals surface area contributed by atoms with Crippen molar-refractivity contribution in [3.63, 3.8) is 0 Å². The number of anilines is 2. The predicted octanol–water partition coefficient (Wildman–Crippen LogP) is 4.32. The Hall–Kier alpha value is -4.37. The van der Waals surface area contributed by atoms with E-state index in [0.717, 1.165) is 0 Å². The van der Waals surface area contributed by atoms with Crippen molar-refractivity contribution >= 4 is 34.9 Å². The predicted molar refractivity (Wildman–Crippen MR) is 156 cm³/mol. The molecule has 0 radical (unpaired) electrons. The third-order valence-corrected chi connectivity index (χ3v) is 5.60. The van der Waals surface area contributed by atoms with Gasteiger partial charge in [-0.05, 0) is 66.0 Å². The first-order valence-electron chi connectivity index (χ1n) is 13.1. The molecule has 3 aromatic heterocycles. The van der Waals surface area contributed by atoms with Crippen molar-refractivity contribution in [1.29, 1.82) is 0 Å². The lowest BCUT2D eigenvalue weighted by atomic mass is 10.1. The van der Waals surface area contributed by atoms with Crippen molar-refractivity contribution in [1.82, 2.24) is 24.8 Å². The van der Waals surface area contributed by atoms with Crippen LogP contribution in [0.15, 0.2) is 24.5 Å². The summed E-state index contributed by atoms with van der Waals surface area (Å²) in [7, 11) is 4.95. The van der Waals surface area contributed by atoms with Crippen molar-refractivity contribution in [2.45, 2.75) is 65.2 Å². The maximum Gasteiger partial charge on any atom is 0.415 e. The number of imidazole rings is 1. The van der Waals surface area contributed by atoms with Gasteiger partial charge in [-0.3, -0.25) is 4.90 Å². The Balaban J connectivity index is 1.97. The number of amides is 2. The van der Waals surface area contributed by atoms with Gasteiger partial charge in [0.25, 0.3) is 0 Å². The zero-order valence-electron chi connectivity index (χ0n) is 25.2. The van der Waals surface area contributed by atoms with Crippen LogP contribution in [0.2, 0.25) is 0 Å². The Morgan fingerprint density at radius 2 is 1.78 bits per heavy atom. The van der Waals surface area contributed by atoms with E-state index in [-0.39, 0.29) is 11.6 Å². The summed E-state index contributed by atoms with van der Waals surface area (Å²) >= 11 is 0. The Morgan fingerprint density at radius 1 is 1.10 bits per heavy atom. The molecule has 12 heteroatoms. The first-order valence-corrected chi connectivity index (χ1v) is 13.1. The average Bonchev–Trinajstić information content (AvgIpc) is 3.24. The zero-order valence-corrected chi connectivity index (χ0v) is 25.2. The highest BCUT2D eigenvalue weighted by Crippen LogP contribution is 2.30. The Kier molecular flexibility index (Phi) is 9.45. The topological polar surface area (TPSA) is 147 Å². The van der Waals surface area contributed by atoms with Crippen LogP contribution < -0.4 is 16.0 Å². The highest BCUT2D eigenvalue weighted by Gasteiger charge is 2.26. The standard InChI is InChI=1S/C29H39N7O5/c1-28(2,3)40-26(37)33-21(15-16-39-9)20-12-10-11-18(32-20)13-14-19-23-22(31-17-35(23)7)25(34-24(19)30)36(8)27(38)41-29(4,5)6/h10-12,17,21H,15-16H2,1-9H3,(H2,30,34)(H,33,37)/t21-/m0/s1. The first-order chi connectivity index (χ1) is 19.1. The molecule has 12 nitrogen and oxygen atoms in total. The molecule has 3 aromatic rings. The number of nitrogens with one attached hydrogen (secondary N) is 1. The molecule has 0 spiro atoms. The second-order valence-corrected chi connectivity index (χ2v) is 11.5. The van der Waals surface area contributed by atoms with E-state index in [9.17, 15) is 9.59 Å². The number of nitrogens with two attached hydrogens (primary N) is 1. The highest BCUT2D eigenvalue weighted by molar-refractivity contribution is 6.00. The lowest BCUT2D eigenvalue weighted by molar-refractivity contribution is 0.0489. The molecule has 0 aliphatic heterocycles. The molecule has 0 aliphatic rings. The number of fused-ring (bicyclic) bond motifs is 1. The second kappa shape index (κ2) is 12.4. The van der Waals surface area contributed by atoms with E-state index in [0.29, 0.717) is 41.0 Å². The molecule has 1 atom stereocenters. The summed E-state index contributed by atoms with van der Waals surface area (Å²) in [5.41, 5.74) is 7.59. The van der Waals surface area contributed by atoms with E-state index in [1.807, 2.05) is 6.07 Å². The fourth-order valence-electron chi connectivity index (χ4n) is 3.83. The van der Waals surface area contributed by atoms with E-state index in [1.165, 1.54) is 4.90 Å². The molecule has 0 saturated heterocycles. The van der Waals surface area contributed by atoms with Gasteiger partial charge in [0.15, 0.2) is 5.82 Å². The largest absolute Gasteiger partial charge is 0.444 e.